The van der Waals surface area contributed by atoms with Gasteiger partial charge in [0, 0.05) is 4.47 Å². The lowest BCUT2D eigenvalue weighted by molar-refractivity contribution is -0.142. The quantitative estimate of drug-likeness (QED) is 0.614. The van der Waals surface area contributed by atoms with Crippen molar-refractivity contribution in [3.8, 4) is 0 Å². The molecule has 0 spiro atoms. The summed E-state index contributed by atoms with van der Waals surface area (Å²) in [4.78, 5) is 25.8. The van der Waals surface area contributed by atoms with Crippen LogP contribution in [0.5, 0.6) is 0 Å². The summed E-state index contributed by atoms with van der Waals surface area (Å²) >= 11 is 3.47. The first-order valence-corrected chi connectivity index (χ1v) is 7.43. The lowest BCUT2D eigenvalue weighted by atomic mass is 10.1. The summed E-state index contributed by atoms with van der Waals surface area (Å²) in [5.41, 5.74) is 2.55. The van der Waals surface area contributed by atoms with E-state index in [4.69, 9.17) is 4.74 Å². The average molecular weight is 354 g/mol. The second-order valence-electron chi connectivity index (χ2n) is 4.75. The number of allylic oxidation sites excluding steroid dienone is 1. The van der Waals surface area contributed by atoms with Gasteiger partial charge in [-0.2, -0.15) is 0 Å². The first-order valence-electron chi connectivity index (χ1n) is 6.64. The molecule has 0 N–H and O–H groups in total. The smallest absolute Gasteiger partial charge is 0.328 e. The maximum absolute atomic E-state index is 12.4. The van der Waals surface area contributed by atoms with Crippen molar-refractivity contribution in [2.24, 2.45) is 0 Å². The van der Waals surface area contributed by atoms with Gasteiger partial charge in [0.15, 0.2) is 0 Å². The Kier molecular flexibility index (Phi) is 6.15. The van der Waals surface area contributed by atoms with Crippen LogP contribution >= 0.6 is 15.9 Å². The molecule has 0 aliphatic heterocycles. The number of nitrogens with zero attached hydrogens (tertiary/aromatic N) is 1. The molecule has 0 fully saturated rings. The fourth-order valence-corrected chi connectivity index (χ4v) is 2.50. The van der Waals surface area contributed by atoms with E-state index in [0.29, 0.717) is 0 Å². The SMILES string of the molecule is C/C=C/C(=O)N(c1c(C)ccc(Br)c1C)C(C)C(=O)OC. The van der Waals surface area contributed by atoms with E-state index in [1.807, 2.05) is 26.0 Å². The zero-order chi connectivity index (χ0) is 16.2. The van der Waals surface area contributed by atoms with Crippen molar-refractivity contribution in [1.82, 2.24) is 0 Å². The number of ether oxygens (including phenoxy) is 1. The Labute approximate surface area is 133 Å². The molecule has 0 aliphatic carbocycles. The van der Waals surface area contributed by atoms with Gasteiger partial charge in [-0.3, -0.25) is 9.69 Å². The highest BCUT2D eigenvalue weighted by molar-refractivity contribution is 9.10. The van der Waals surface area contributed by atoms with Gasteiger partial charge in [-0.1, -0.05) is 28.1 Å². The standard InChI is InChI=1S/C16H20BrNO3/c1-6-7-14(19)18(12(4)16(20)21-5)15-10(2)8-9-13(17)11(15)3/h6-9,12H,1-5H3/b7-6+. The molecule has 21 heavy (non-hydrogen) atoms. The zero-order valence-electron chi connectivity index (χ0n) is 12.9. The third-order valence-corrected chi connectivity index (χ3v) is 4.14. The summed E-state index contributed by atoms with van der Waals surface area (Å²) in [5.74, 6) is -0.702. The molecule has 1 amide bonds. The van der Waals surface area contributed by atoms with Crippen molar-refractivity contribution in [1.29, 1.82) is 0 Å². The Bertz CT molecular complexity index is 581. The van der Waals surface area contributed by atoms with Gasteiger partial charge in [-0.25, -0.2) is 4.79 Å². The number of carbonyl (C=O) groups excluding carboxylic acids is 2. The molecule has 114 valence electrons. The number of hydrogen-bond acceptors (Lipinski definition) is 3. The zero-order valence-corrected chi connectivity index (χ0v) is 14.5. The molecule has 0 saturated heterocycles. The topological polar surface area (TPSA) is 46.6 Å². The third-order valence-electron chi connectivity index (χ3n) is 3.28. The van der Waals surface area contributed by atoms with E-state index >= 15 is 0 Å². The maximum atomic E-state index is 12.4. The lowest BCUT2D eigenvalue weighted by Gasteiger charge is -2.29. The number of aryl methyl sites for hydroxylation is 1. The van der Waals surface area contributed by atoms with Crippen LogP contribution in [0.15, 0.2) is 28.8 Å². The molecule has 0 heterocycles. The summed E-state index contributed by atoms with van der Waals surface area (Å²) in [6, 6.07) is 3.13. The number of halogens is 1. The van der Waals surface area contributed by atoms with Crippen molar-refractivity contribution >= 4 is 33.5 Å². The van der Waals surface area contributed by atoms with E-state index < -0.39 is 12.0 Å². The van der Waals surface area contributed by atoms with E-state index in [-0.39, 0.29) is 5.91 Å². The molecule has 1 aromatic carbocycles. The second-order valence-corrected chi connectivity index (χ2v) is 5.60. The Morgan fingerprint density at radius 2 is 1.95 bits per heavy atom. The van der Waals surface area contributed by atoms with E-state index in [1.54, 1.807) is 19.9 Å². The van der Waals surface area contributed by atoms with Crippen molar-refractivity contribution in [3.63, 3.8) is 0 Å². The van der Waals surface area contributed by atoms with Crippen LogP contribution in [0.1, 0.15) is 25.0 Å². The largest absolute Gasteiger partial charge is 0.467 e. The number of methoxy groups -OCH3 is 1. The average Bonchev–Trinajstić information content (AvgIpc) is 2.46. The summed E-state index contributed by atoms with van der Waals surface area (Å²) in [6.45, 7) is 7.24. The number of anilines is 1. The van der Waals surface area contributed by atoms with Crippen LogP contribution in [0.4, 0.5) is 5.69 Å². The van der Waals surface area contributed by atoms with Gasteiger partial charge in [0.05, 0.1) is 12.8 Å². The fourth-order valence-electron chi connectivity index (χ4n) is 2.18. The van der Waals surface area contributed by atoms with Crippen LogP contribution in [0, 0.1) is 13.8 Å². The minimum absolute atomic E-state index is 0.250. The second kappa shape index (κ2) is 7.41. The predicted octanol–water partition coefficient (Wildman–Crippen LogP) is 3.54. The van der Waals surface area contributed by atoms with E-state index in [2.05, 4.69) is 15.9 Å². The van der Waals surface area contributed by atoms with Gasteiger partial charge >= 0.3 is 5.97 Å². The molecule has 4 nitrogen and oxygen atoms in total. The molecule has 0 aliphatic rings. The normalized spacial score (nSPS) is 12.3. The molecular weight excluding hydrogens is 334 g/mol. The minimum atomic E-state index is -0.703. The summed E-state index contributed by atoms with van der Waals surface area (Å²) in [7, 11) is 1.32. The van der Waals surface area contributed by atoms with E-state index in [0.717, 1.165) is 21.3 Å². The van der Waals surface area contributed by atoms with Crippen molar-refractivity contribution < 1.29 is 14.3 Å². The highest BCUT2D eigenvalue weighted by atomic mass is 79.9. The number of esters is 1. The Morgan fingerprint density at radius 3 is 2.48 bits per heavy atom. The van der Waals surface area contributed by atoms with Crippen molar-refractivity contribution in [2.75, 3.05) is 12.0 Å². The third kappa shape index (κ3) is 3.73. The minimum Gasteiger partial charge on any atom is -0.467 e. The van der Waals surface area contributed by atoms with Crippen molar-refractivity contribution in [2.45, 2.75) is 33.7 Å². The summed E-state index contributed by atoms with van der Waals surface area (Å²) < 4.78 is 5.67. The van der Waals surface area contributed by atoms with Crippen LogP contribution in [0.2, 0.25) is 0 Å². The number of carbonyl (C=O) groups is 2. The molecule has 0 aromatic heterocycles. The Hall–Kier alpha value is -1.62. The number of benzene rings is 1. The van der Waals surface area contributed by atoms with Crippen LogP contribution in [0.25, 0.3) is 0 Å². The van der Waals surface area contributed by atoms with Crippen LogP contribution in [-0.2, 0) is 14.3 Å². The first-order chi connectivity index (χ1) is 9.84. The Balaban J connectivity index is 3.48. The first kappa shape index (κ1) is 17.4. The monoisotopic (exact) mass is 353 g/mol. The van der Waals surface area contributed by atoms with Gasteiger partial charge < -0.3 is 4.74 Å². The van der Waals surface area contributed by atoms with Gasteiger partial charge in [0.25, 0.3) is 5.91 Å². The highest BCUT2D eigenvalue weighted by Crippen LogP contribution is 2.32. The summed E-state index contributed by atoms with van der Waals surface area (Å²) in [5, 5.41) is 0. The lowest BCUT2D eigenvalue weighted by Crippen LogP contribution is -2.44. The molecule has 1 unspecified atom stereocenters. The van der Waals surface area contributed by atoms with E-state index in [9.17, 15) is 9.59 Å². The van der Waals surface area contributed by atoms with Crippen LogP contribution in [-0.4, -0.2) is 25.0 Å². The van der Waals surface area contributed by atoms with Gasteiger partial charge in [-0.05, 0) is 51.0 Å². The maximum Gasteiger partial charge on any atom is 0.328 e. The molecule has 1 atom stereocenters. The van der Waals surface area contributed by atoms with Gasteiger partial charge in [0.2, 0.25) is 0 Å². The van der Waals surface area contributed by atoms with Crippen LogP contribution < -0.4 is 4.90 Å². The Morgan fingerprint density at radius 1 is 1.33 bits per heavy atom. The molecule has 0 bridgehead atoms. The fraction of sp³-hybridized carbons (Fsp3) is 0.375. The van der Waals surface area contributed by atoms with Gasteiger partial charge in [0.1, 0.15) is 6.04 Å². The van der Waals surface area contributed by atoms with Crippen LogP contribution in [0.3, 0.4) is 0 Å². The van der Waals surface area contributed by atoms with Crippen molar-refractivity contribution in [3.05, 3.63) is 39.9 Å². The molecule has 0 saturated carbocycles. The number of hydrogen-bond donors (Lipinski definition) is 0. The molecule has 0 radical (unpaired) electrons. The molecular formula is C16H20BrNO3. The summed E-state index contributed by atoms with van der Waals surface area (Å²) in [6.07, 6.45) is 3.10. The molecule has 1 aromatic rings. The predicted molar refractivity (Wildman–Crippen MR) is 87.4 cm³/mol. The molecule has 1 rings (SSSR count). The van der Waals surface area contributed by atoms with E-state index in [1.165, 1.54) is 18.1 Å². The number of amides is 1. The highest BCUT2D eigenvalue weighted by Gasteiger charge is 2.29. The molecule has 5 heteroatoms. The number of rotatable bonds is 4. The van der Waals surface area contributed by atoms with Gasteiger partial charge in [-0.15, -0.1) is 0 Å².